The molecule has 2 unspecified atom stereocenters. The van der Waals surface area contributed by atoms with Gasteiger partial charge in [-0.1, -0.05) is 11.6 Å². The Balaban J connectivity index is 1.86. The second-order valence-electron chi connectivity index (χ2n) is 6.14. The Labute approximate surface area is 124 Å². The number of hydrogen-bond donors (Lipinski definition) is 1. The average molecular weight is 297 g/mol. The van der Waals surface area contributed by atoms with Crippen LogP contribution in [0.3, 0.4) is 0 Å². The number of aromatic nitrogens is 2. The third kappa shape index (κ3) is 3.05. The molecule has 1 saturated carbocycles. The van der Waals surface area contributed by atoms with E-state index in [9.17, 15) is 5.11 Å². The minimum Gasteiger partial charge on any atom is -0.391 e. The number of rotatable bonds is 4. The van der Waals surface area contributed by atoms with E-state index in [4.69, 9.17) is 11.6 Å². The smallest absolute Gasteiger partial charge is 0.135 e. The van der Waals surface area contributed by atoms with Crippen molar-refractivity contribution in [2.24, 2.45) is 0 Å². The van der Waals surface area contributed by atoms with Gasteiger partial charge in [-0.25, -0.2) is 9.97 Å². The minimum atomic E-state index is -0.293. The summed E-state index contributed by atoms with van der Waals surface area (Å²) in [7, 11) is 4.09. The van der Waals surface area contributed by atoms with Crippen molar-refractivity contribution >= 4 is 17.4 Å². The first-order chi connectivity index (χ1) is 9.52. The number of aliphatic hydroxyl groups excluding tert-OH is 1. The maximum Gasteiger partial charge on any atom is 0.135 e. The van der Waals surface area contributed by atoms with E-state index in [1.54, 1.807) is 0 Å². The predicted octanol–water partition coefficient (Wildman–Crippen LogP) is 1.51. The van der Waals surface area contributed by atoms with Gasteiger partial charge in [0.05, 0.1) is 6.10 Å². The van der Waals surface area contributed by atoms with Gasteiger partial charge in [-0.05, 0) is 33.4 Å². The highest BCUT2D eigenvalue weighted by Gasteiger charge is 2.34. The molecular weight excluding hydrogens is 276 g/mol. The SMILES string of the molecule is CN(C)CC1CC(O)CN1c1cc(Cl)nc(C2CC2)n1. The zero-order chi connectivity index (χ0) is 14.3. The highest BCUT2D eigenvalue weighted by Crippen LogP contribution is 2.39. The Morgan fingerprint density at radius 1 is 1.40 bits per heavy atom. The second-order valence-corrected chi connectivity index (χ2v) is 6.53. The van der Waals surface area contributed by atoms with Crippen LogP contribution in [0.25, 0.3) is 0 Å². The van der Waals surface area contributed by atoms with Gasteiger partial charge in [-0.15, -0.1) is 0 Å². The number of β-amino-alcohol motifs (C(OH)–C–C–N with tert-alkyl or cyclic N) is 1. The van der Waals surface area contributed by atoms with E-state index >= 15 is 0 Å². The van der Waals surface area contributed by atoms with Crippen LogP contribution in [0, 0.1) is 0 Å². The molecule has 1 aliphatic carbocycles. The van der Waals surface area contributed by atoms with Gasteiger partial charge in [-0.2, -0.15) is 0 Å². The van der Waals surface area contributed by atoms with Gasteiger partial charge in [0.1, 0.15) is 16.8 Å². The van der Waals surface area contributed by atoms with Gasteiger partial charge in [0.15, 0.2) is 0 Å². The molecule has 6 heteroatoms. The van der Waals surface area contributed by atoms with Crippen molar-refractivity contribution in [3.8, 4) is 0 Å². The fourth-order valence-corrected chi connectivity index (χ4v) is 3.05. The highest BCUT2D eigenvalue weighted by atomic mass is 35.5. The molecule has 110 valence electrons. The summed E-state index contributed by atoms with van der Waals surface area (Å²) in [6, 6.07) is 2.09. The maximum absolute atomic E-state index is 9.97. The van der Waals surface area contributed by atoms with Gasteiger partial charge in [-0.3, -0.25) is 0 Å². The van der Waals surface area contributed by atoms with Crippen LogP contribution in [0.4, 0.5) is 5.82 Å². The molecule has 1 aromatic heterocycles. The van der Waals surface area contributed by atoms with Crippen molar-refractivity contribution in [2.45, 2.75) is 37.3 Å². The highest BCUT2D eigenvalue weighted by molar-refractivity contribution is 6.29. The van der Waals surface area contributed by atoms with E-state index < -0.39 is 0 Å². The molecule has 0 spiro atoms. The van der Waals surface area contributed by atoms with Crippen molar-refractivity contribution in [1.29, 1.82) is 0 Å². The molecule has 2 atom stereocenters. The van der Waals surface area contributed by atoms with Crippen molar-refractivity contribution in [2.75, 3.05) is 32.1 Å². The number of anilines is 1. The lowest BCUT2D eigenvalue weighted by Crippen LogP contribution is -2.38. The molecule has 2 fully saturated rings. The monoisotopic (exact) mass is 296 g/mol. The van der Waals surface area contributed by atoms with E-state index in [-0.39, 0.29) is 12.1 Å². The Bertz CT molecular complexity index is 492. The summed E-state index contributed by atoms with van der Waals surface area (Å²) >= 11 is 6.14. The Kier molecular flexibility index (Phi) is 3.84. The molecule has 2 heterocycles. The fraction of sp³-hybridized carbons (Fsp3) is 0.714. The van der Waals surface area contributed by atoms with Gasteiger partial charge in [0.2, 0.25) is 0 Å². The zero-order valence-corrected chi connectivity index (χ0v) is 12.7. The summed E-state index contributed by atoms with van der Waals surface area (Å²) in [5, 5.41) is 10.5. The first-order valence-electron chi connectivity index (χ1n) is 7.17. The molecule has 5 nitrogen and oxygen atoms in total. The number of hydrogen-bond acceptors (Lipinski definition) is 5. The van der Waals surface area contributed by atoms with Crippen LogP contribution in [0.5, 0.6) is 0 Å². The third-order valence-corrected chi connectivity index (χ3v) is 4.10. The molecule has 0 bridgehead atoms. The quantitative estimate of drug-likeness (QED) is 0.854. The summed E-state index contributed by atoms with van der Waals surface area (Å²) in [4.78, 5) is 13.3. The van der Waals surface area contributed by atoms with Crippen molar-refractivity contribution in [3.63, 3.8) is 0 Å². The average Bonchev–Trinajstić information content (AvgIpc) is 3.13. The van der Waals surface area contributed by atoms with Crippen molar-refractivity contribution < 1.29 is 5.11 Å². The summed E-state index contributed by atoms with van der Waals surface area (Å²) in [5.41, 5.74) is 0. The van der Waals surface area contributed by atoms with Gasteiger partial charge < -0.3 is 14.9 Å². The van der Waals surface area contributed by atoms with Crippen LogP contribution in [-0.4, -0.2) is 59.3 Å². The van der Waals surface area contributed by atoms with Crippen LogP contribution < -0.4 is 4.90 Å². The Hall–Kier alpha value is -0.910. The molecule has 0 amide bonds. The minimum absolute atomic E-state index is 0.276. The Morgan fingerprint density at radius 3 is 2.80 bits per heavy atom. The van der Waals surface area contributed by atoms with E-state index in [0.29, 0.717) is 17.6 Å². The Morgan fingerprint density at radius 2 is 2.15 bits per heavy atom. The lowest BCUT2D eigenvalue weighted by molar-refractivity contribution is 0.191. The molecule has 1 aromatic rings. The van der Waals surface area contributed by atoms with E-state index in [1.165, 1.54) is 0 Å². The summed E-state index contributed by atoms with van der Waals surface area (Å²) in [5.74, 6) is 2.19. The fourth-order valence-electron chi connectivity index (χ4n) is 2.86. The first-order valence-corrected chi connectivity index (χ1v) is 7.54. The molecule has 1 saturated heterocycles. The summed E-state index contributed by atoms with van der Waals surface area (Å²) < 4.78 is 0. The summed E-state index contributed by atoms with van der Waals surface area (Å²) in [6.45, 7) is 1.52. The molecule has 1 N–H and O–H groups in total. The summed E-state index contributed by atoms with van der Waals surface area (Å²) in [6.07, 6.45) is 2.80. The molecular formula is C14H21ClN4O. The molecule has 1 aliphatic heterocycles. The van der Waals surface area contributed by atoms with E-state index in [1.807, 2.05) is 20.2 Å². The second kappa shape index (κ2) is 5.47. The van der Waals surface area contributed by atoms with Crippen LogP contribution in [0.15, 0.2) is 6.07 Å². The van der Waals surface area contributed by atoms with Gasteiger partial charge in [0.25, 0.3) is 0 Å². The molecule has 3 rings (SSSR count). The molecule has 20 heavy (non-hydrogen) atoms. The zero-order valence-electron chi connectivity index (χ0n) is 12.0. The molecule has 0 aromatic carbocycles. The standard InChI is InChI=1S/C14H21ClN4O/c1-18(2)7-10-5-11(20)8-19(10)13-6-12(15)16-14(17-13)9-3-4-9/h6,9-11,20H,3-5,7-8H2,1-2H3. The number of halogens is 1. The van der Waals surface area contributed by atoms with Gasteiger partial charge >= 0.3 is 0 Å². The van der Waals surface area contributed by atoms with E-state index in [0.717, 1.165) is 37.4 Å². The predicted molar refractivity (Wildman–Crippen MR) is 79.3 cm³/mol. The van der Waals surface area contributed by atoms with Crippen LogP contribution in [0.1, 0.15) is 31.0 Å². The normalized spacial score (nSPS) is 26.6. The third-order valence-electron chi connectivity index (χ3n) is 3.90. The van der Waals surface area contributed by atoms with Crippen LogP contribution >= 0.6 is 11.6 Å². The largest absolute Gasteiger partial charge is 0.391 e. The number of likely N-dealkylation sites (N-methyl/N-ethyl adjacent to an activating group) is 1. The maximum atomic E-state index is 9.97. The molecule has 0 radical (unpaired) electrons. The lowest BCUT2D eigenvalue weighted by atomic mass is 10.2. The lowest BCUT2D eigenvalue weighted by Gasteiger charge is -2.28. The van der Waals surface area contributed by atoms with Crippen LogP contribution in [-0.2, 0) is 0 Å². The number of nitrogens with zero attached hydrogens (tertiary/aromatic N) is 4. The first kappa shape index (κ1) is 14.0. The topological polar surface area (TPSA) is 52.5 Å². The molecule has 2 aliphatic rings. The number of aliphatic hydroxyl groups is 1. The van der Waals surface area contributed by atoms with Crippen molar-refractivity contribution in [1.82, 2.24) is 14.9 Å². The van der Waals surface area contributed by atoms with Gasteiger partial charge in [0, 0.05) is 31.1 Å². The van der Waals surface area contributed by atoms with Crippen LogP contribution in [0.2, 0.25) is 5.15 Å². The van der Waals surface area contributed by atoms with E-state index in [2.05, 4.69) is 19.8 Å². The van der Waals surface area contributed by atoms with Crippen molar-refractivity contribution in [3.05, 3.63) is 17.0 Å².